The highest BCUT2D eigenvalue weighted by Gasteiger charge is 2.28. The van der Waals surface area contributed by atoms with E-state index in [1.165, 1.54) is 6.26 Å². The zero-order chi connectivity index (χ0) is 22.5. The molecule has 3 rings (SSSR count). The van der Waals surface area contributed by atoms with Crippen LogP contribution in [0.3, 0.4) is 0 Å². The van der Waals surface area contributed by atoms with Crippen molar-refractivity contribution in [3.63, 3.8) is 0 Å². The Kier molecular flexibility index (Phi) is 7.14. The van der Waals surface area contributed by atoms with Crippen molar-refractivity contribution in [1.82, 2.24) is 9.55 Å². The van der Waals surface area contributed by atoms with Gasteiger partial charge >= 0.3 is 11.9 Å². The molecule has 0 aliphatic heterocycles. The van der Waals surface area contributed by atoms with Gasteiger partial charge in [-0.2, -0.15) is 4.98 Å². The molecule has 0 fully saturated rings. The number of aromatic nitrogens is 2. The van der Waals surface area contributed by atoms with Gasteiger partial charge < -0.3 is 19.3 Å². The highest BCUT2D eigenvalue weighted by atomic mass is 32.2. The fourth-order valence-corrected chi connectivity index (χ4v) is 4.18. The summed E-state index contributed by atoms with van der Waals surface area (Å²) in [7, 11) is 0. The van der Waals surface area contributed by atoms with E-state index in [0.29, 0.717) is 17.8 Å². The number of carboxylic acids is 2. The summed E-state index contributed by atoms with van der Waals surface area (Å²) < 4.78 is 13.7. The Labute approximate surface area is 183 Å². The Morgan fingerprint density at radius 3 is 2.32 bits per heavy atom. The van der Waals surface area contributed by atoms with Crippen molar-refractivity contribution in [3.05, 3.63) is 71.2 Å². The first-order valence-corrected chi connectivity index (χ1v) is 11.5. The first-order chi connectivity index (χ1) is 14.8. The van der Waals surface area contributed by atoms with Gasteiger partial charge in [0.2, 0.25) is 5.69 Å². The monoisotopic (exact) mass is 440 g/mol. The van der Waals surface area contributed by atoms with Gasteiger partial charge in [0.1, 0.15) is 12.1 Å². The molecule has 162 valence electrons. The second-order valence-corrected chi connectivity index (χ2v) is 8.47. The molecule has 0 amide bonds. The quantitative estimate of drug-likeness (QED) is 0.485. The van der Waals surface area contributed by atoms with Crippen LogP contribution in [0, 0.1) is 0 Å². The molecule has 0 bridgehead atoms. The summed E-state index contributed by atoms with van der Waals surface area (Å²) in [6, 6.07) is 14.1. The lowest BCUT2D eigenvalue weighted by atomic mass is 9.99. The van der Waals surface area contributed by atoms with E-state index in [1.54, 1.807) is 28.8 Å². The standard InChI is InChI=1S/C23H24N2O5S/c1-3-4-9-19-24-21(31(2)30)20(23(28)29)25(19)14-15-10-12-16(13-11-15)17-7-5-6-8-18(17)22(26)27/h5-8,10-13H,3-4,9,14H2,1-2H3,(H,26,27)(H,28,29). The third kappa shape index (κ3) is 4.98. The van der Waals surface area contributed by atoms with Crippen LogP contribution in [0.5, 0.6) is 0 Å². The van der Waals surface area contributed by atoms with Crippen molar-refractivity contribution < 1.29 is 24.4 Å². The molecule has 1 unspecified atom stereocenters. The van der Waals surface area contributed by atoms with Crippen LogP contribution in [-0.2, 0) is 24.1 Å². The molecule has 31 heavy (non-hydrogen) atoms. The maximum absolute atomic E-state index is 12.1. The van der Waals surface area contributed by atoms with Crippen LogP contribution in [0.2, 0.25) is 0 Å². The Bertz CT molecular complexity index is 1090. The number of carbonyl (C=O) groups is 2. The van der Waals surface area contributed by atoms with E-state index in [-0.39, 0.29) is 22.8 Å². The number of aryl methyl sites for hydroxylation is 1. The van der Waals surface area contributed by atoms with Gasteiger partial charge in [-0.15, -0.1) is 0 Å². The smallest absolute Gasteiger partial charge is 0.359 e. The van der Waals surface area contributed by atoms with Crippen molar-refractivity contribution in [2.45, 2.75) is 37.8 Å². The van der Waals surface area contributed by atoms with Crippen molar-refractivity contribution in [3.8, 4) is 11.1 Å². The summed E-state index contributed by atoms with van der Waals surface area (Å²) in [5.41, 5.74) is 2.37. The van der Waals surface area contributed by atoms with Crippen molar-refractivity contribution in [1.29, 1.82) is 0 Å². The topological polar surface area (TPSA) is 115 Å². The van der Waals surface area contributed by atoms with Crippen molar-refractivity contribution in [2.75, 3.05) is 6.26 Å². The molecule has 0 saturated heterocycles. The molecule has 8 heteroatoms. The van der Waals surface area contributed by atoms with Crippen LogP contribution >= 0.6 is 0 Å². The fraction of sp³-hybridized carbons (Fsp3) is 0.261. The third-order valence-electron chi connectivity index (χ3n) is 5.01. The largest absolute Gasteiger partial charge is 0.610 e. The molecule has 1 aromatic heterocycles. The van der Waals surface area contributed by atoms with Gasteiger partial charge in [-0.3, -0.25) is 0 Å². The summed E-state index contributed by atoms with van der Waals surface area (Å²) in [6.07, 6.45) is 3.80. The minimum absolute atomic E-state index is 0.0489. The molecule has 1 atom stereocenters. The molecule has 0 saturated carbocycles. The highest BCUT2D eigenvalue weighted by Crippen LogP contribution is 2.26. The van der Waals surface area contributed by atoms with Crippen molar-refractivity contribution >= 4 is 23.1 Å². The van der Waals surface area contributed by atoms with Gasteiger partial charge in [0, 0.05) is 24.1 Å². The van der Waals surface area contributed by atoms with Crippen LogP contribution in [-0.4, -0.2) is 42.5 Å². The minimum Gasteiger partial charge on any atom is -0.610 e. The summed E-state index contributed by atoms with van der Waals surface area (Å²) in [6.45, 7) is 2.31. The van der Waals surface area contributed by atoms with E-state index < -0.39 is 23.1 Å². The Morgan fingerprint density at radius 2 is 1.74 bits per heavy atom. The predicted molar refractivity (Wildman–Crippen MR) is 118 cm³/mol. The second-order valence-electron chi connectivity index (χ2n) is 7.18. The van der Waals surface area contributed by atoms with Gasteiger partial charge in [0.25, 0.3) is 5.03 Å². The Morgan fingerprint density at radius 1 is 1.06 bits per heavy atom. The average Bonchev–Trinajstić information content (AvgIpc) is 3.11. The summed E-state index contributed by atoms with van der Waals surface area (Å²) in [4.78, 5) is 27.8. The van der Waals surface area contributed by atoms with E-state index in [2.05, 4.69) is 4.98 Å². The highest BCUT2D eigenvalue weighted by molar-refractivity contribution is 7.90. The number of benzene rings is 2. The molecule has 0 radical (unpaired) electrons. The number of aromatic carboxylic acids is 2. The second kappa shape index (κ2) is 9.80. The van der Waals surface area contributed by atoms with Crippen LogP contribution < -0.4 is 0 Å². The lowest BCUT2D eigenvalue weighted by Crippen LogP contribution is -2.15. The van der Waals surface area contributed by atoms with Gasteiger partial charge in [-0.1, -0.05) is 55.8 Å². The maximum Gasteiger partial charge on any atom is 0.359 e. The van der Waals surface area contributed by atoms with Crippen LogP contribution in [0.1, 0.15) is 52.0 Å². The summed E-state index contributed by atoms with van der Waals surface area (Å²) in [5.74, 6) is -1.55. The van der Waals surface area contributed by atoms with E-state index in [0.717, 1.165) is 24.0 Å². The van der Waals surface area contributed by atoms with Crippen LogP contribution in [0.15, 0.2) is 53.6 Å². The number of nitrogens with zero attached hydrogens (tertiary/aromatic N) is 2. The van der Waals surface area contributed by atoms with Gasteiger partial charge in [0.15, 0.2) is 0 Å². The number of carboxylic acid groups (broad SMARTS) is 2. The Balaban J connectivity index is 1.97. The molecular formula is C23H24N2O5S. The number of imidazole rings is 1. The lowest BCUT2D eigenvalue weighted by Gasteiger charge is -2.11. The maximum atomic E-state index is 12.1. The zero-order valence-corrected chi connectivity index (χ0v) is 18.2. The Hall–Kier alpha value is -3.10. The lowest BCUT2D eigenvalue weighted by molar-refractivity contribution is 0.0675. The molecule has 3 aromatic rings. The van der Waals surface area contributed by atoms with Gasteiger partial charge in [-0.05, 0) is 29.2 Å². The van der Waals surface area contributed by atoms with E-state index in [4.69, 9.17) is 0 Å². The summed E-state index contributed by atoms with van der Waals surface area (Å²) >= 11 is -1.52. The molecule has 2 N–H and O–H groups in total. The molecule has 7 nitrogen and oxygen atoms in total. The number of rotatable bonds is 9. The summed E-state index contributed by atoms with van der Waals surface area (Å²) in [5, 5.41) is 19.2. The van der Waals surface area contributed by atoms with E-state index in [9.17, 15) is 24.4 Å². The number of hydrogen-bond acceptors (Lipinski definition) is 4. The third-order valence-corrected chi connectivity index (χ3v) is 5.84. The first-order valence-electron chi connectivity index (χ1n) is 9.91. The normalized spacial score (nSPS) is 12.0. The van der Waals surface area contributed by atoms with Crippen LogP contribution in [0.25, 0.3) is 11.1 Å². The predicted octanol–water partition coefficient (Wildman–Crippen LogP) is 4.07. The molecule has 2 aromatic carbocycles. The zero-order valence-electron chi connectivity index (χ0n) is 17.4. The molecule has 0 spiro atoms. The molecular weight excluding hydrogens is 416 g/mol. The number of unbranched alkanes of at least 4 members (excludes halogenated alkanes) is 1. The van der Waals surface area contributed by atoms with Crippen molar-refractivity contribution in [2.24, 2.45) is 0 Å². The SMILES string of the molecule is CCCCc1nc([S+](C)[O-])c(C(=O)O)n1Cc1ccc(-c2ccccc2C(=O)O)cc1. The molecule has 0 aliphatic carbocycles. The molecule has 0 aliphatic rings. The number of hydrogen-bond donors (Lipinski definition) is 2. The van der Waals surface area contributed by atoms with E-state index in [1.807, 2.05) is 31.2 Å². The average molecular weight is 441 g/mol. The van der Waals surface area contributed by atoms with Crippen LogP contribution in [0.4, 0.5) is 0 Å². The first kappa shape index (κ1) is 22.6. The minimum atomic E-state index is -1.52. The fourth-order valence-electron chi connectivity index (χ4n) is 3.47. The van der Waals surface area contributed by atoms with Gasteiger partial charge in [-0.25, -0.2) is 9.59 Å². The molecule has 1 heterocycles. The van der Waals surface area contributed by atoms with Gasteiger partial charge in [0.05, 0.1) is 5.56 Å². The van der Waals surface area contributed by atoms with E-state index >= 15 is 0 Å².